The van der Waals surface area contributed by atoms with Gasteiger partial charge in [-0.25, -0.2) is 15.0 Å². The first-order valence-corrected chi connectivity index (χ1v) is 7.40. The molecular formula is C14H16N6O4. The SMILES string of the molecule is Cn1nccc1-c1ncnc2c1ncn2[C@@H]1O[C@H](CO)[C@@H](O)[C@H]1O. The van der Waals surface area contributed by atoms with Gasteiger partial charge in [-0.3, -0.25) is 9.25 Å². The zero-order chi connectivity index (χ0) is 16.8. The van der Waals surface area contributed by atoms with Crippen molar-refractivity contribution < 1.29 is 20.1 Å². The summed E-state index contributed by atoms with van der Waals surface area (Å²) >= 11 is 0. The predicted molar refractivity (Wildman–Crippen MR) is 80.5 cm³/mol. The lowest BCUT2D eigenvalue weighted by Crippen LogP contribution is -2.33. The summed E-state index contributed by atoms with van der Waals surface area (Å²) in [5.41, 5.74) is 2.36. The van der Waals surface area contributed by atoms with E-state index in [2.05, 4.69) is 20.1 Å². The molecule has 1 aliphatic heterocycles. The van der Waals surface area contributed by atoms with E-state index >= 15 is 0 Å². The smallest absolute Gasteiger partial charge is 0.166 e. The average molecular weight is 332 g/mol. The van der Waals surface area contributed by atoms with E-state index in [0.717, 1.165) is 5.69 Å². The van der Waals surface area contributed by atoms with Crippen molar-refractivity contribution in [1.29, 1.82) is 0 Å². The molecule has 1 fully saturated rings. The van der Waals surface area contributed by atoms with Crippen molar-refractivity contribution >= 4 is 11.2 Å². The second-order valence-corrected chi connectivity index (χ2v) is 5.62. The van der Waals surface area contributed by atoms with Crippen molar-refractivity contribution in [3.8, 4) is 11.4 Å². The van der Waals surface area contributed by atoms with Gasteiger partial charge in [-0.1, -0.05) is 0 Å². The number of aryl methyl sites for hydroxylation is 1. The van der Waals surface area contributed by atoms with Gasteiger partial charge in [0.25, 0.3) is 0 Å². The van der Waals surface area contributed by atoms with Gasteiger partial charge in [-0.05, 0) is 6.07 Å². The quantitative estimate of drug-likeness (QED) is 0.547. The largest absolute Gasteiger partial charge is 0.394 e. The monoisotopic (exact) mass is 332 g/mol. The van der Waals surface area contributed by atoms with E-state index in [1.54, 1.807) is 17.9 Å². The Balaban J connectivity index is 1.81. The number of hydrogen-bond donors (Lipinski definition) is 3. The fraction of sp³-hybridized carbons (Fsp3) is 0.429. The number of ether oxygens (including phenoxy) is 1. The van der Waals surface area contributed by atoms with Crippen LogP contribution in [-0.4, -0.2) is 69.5 Å². The van der Waals surface area contributed by atoms with Crippen LogP contribution in [0.4, 0.5) is 0 Å². The third kappa shape index (κ3) is 2.12. The molecule has 4 atom stereocenters. The van der Waals surface area contributed by atoms with Crippen molar-refractivity contribution in [3.05, 3.63) is 24.9 Å². The molecule has 1 aliphatic rings. The number of hydrogen-bond acceptors (Lipinski definition) is 8. The van der Waals surface area contributed by atoms with Gasteiger partial charge in [0.15, 0.2) is 11.9 Å². The number of aliphatic hydroxyl groups excluding tert-OH is 3. The van der Waals surface area contributed by atoms with E-state index in [1.165, 1.54) is 17.2 Å². The fourth-order valence-corrected chi connectivity index (χ4v) is 2.94. The third-order valence-corrected chi connectivity index (χ3v) is 4.21. The van der Waals surface area contributed by atoms with Crippen molar-refractivity contribution in [2.75, 3.05) is 6.61 Å². The van der Waals surface area contributed by atoms with Crippen LogP contribution >= 0.6 is 0 Å². The Labute approximate surface area is 136 Å². The van der Waals surface area contributed by atoms with Gasteiger partial charge in [0.05, 0.1) is 18.6 Å². The summed E-state index contributed by atoms with van der Waals surface area (Å²) in [4.78, 5) is 12.8. The van der Waals surface area contributed by atoms with Crippen LogP contribution in [0, 0.1) is 0 Å². The Morgan fingerprint density at radius 1 is 1.21 bits per heavy atom. The van der Waals surface area contributed by atoms with E-state index in [0.29, 0.717) is 16.9 Å². The number of fused-ring (bicyclic) bond motifs is 1. The van der Waals surface area contributed by atoms with Gasteiger partial charge in [0, 0.05) is 13.2 Å². The molecule has 24 heavy (non-hydrogen) atoms. The molecular weight excluding hydrogens is 316 g/mol. The van der Waals surface area contributed by atoms with E-state index in [4.69, 9.17) is 4.74 Å². The standard InChI is InChI=1S/C14H16N6O4/c1-19-7(2-3-18-19)9-10-13(16-5-15-9)20(6-17-10)14-12(23)11(22)8(4-21)24-14/h2-3,5-6,8,11-12,14,21-23H,4H2,1H3/t8-,11-,12-,14-/m1/s1. The molecule has 10 heteroatoms. The molecule has 3 aromatic heterocycles. The highest BCUT2D eigenvalue weighted by molar-refractivity contribution is 5.85. The number of nitrogens with zero attached hydrogens (tertiary/aromatic N) is 6. The lowest BCUT2D eigenvalue weighted by atomic mass is 10.1. The van der Waals surface area contributed by atoms with Crippen LogP contribution in [0.1, 0.15) is 6.23 Å². The molecule has 4 heterocycles. The zero-order valence-electron chi connectivity index (χ0n) is 12.8. The summed E-state index contributed by atoms with van der Waals surface area (Å²) in [5.74, 6) is 0. The van der Waals surface area contributed by atoms with Crippen LogP contribution < -0.4 is 0 Å². The highest BCUT2D eigenvalue weighted by atomic mass is 16.6. The van der Waals surface area contributed by atoms with Crippen LogP contribution in [0.15, 0.2) is 24.9 Å². The Morgan fingerprint density at radius 3 is 2.71 bits per heavy atom. The number of aliphatic hydroxyl groups is 3. The topological polar surface area (TPSA) is 131 Å². The summed E-state index contributed by atoms with van der Waals surface area (Å²) in [7, 11) is 1.80. The van der Waals surface area contributed by atoms with Gasteiger partial charge in [-0.15, -0.1) is 0 Å². The Morgan fingerprint density at radius 2 is 2.04 bits per heavy atom. The summed E-state index contributed by atoms with van der Waals surface area (Å²) in [6.07, 6.45) is 0.388. The minimum absolute atomic E-state index is 0.392. The van der Waals surface area contributed by atoms with Gasteiger partial charge in [0.2, 0.25) is 0 Å². The second-order valence-electron chi connectivity index (χ2n) is 5.62. The van der Waals surface area contributed by atoms with E-state index in [1.807, 2.05) is 6.07 Å². The highest BCUT2D eigenvalue weighted by Gasteiger charge is 2.44. The summed E-state index contributed by atoms with van der Waals surface area (Å²) in [6, 6.07) is 1.81. The lowest BCUT2D eigenvalue weighted by molar-refractivity contribution is -0.0511. The summed E-state index contributed by atoms with van der Waals surface area (Å²) in [5, 5.41) is 33.5. The molecule has 0 aromatic carbocycles. The molecule has 0 unspecified atom stereocenters. The van der Waals surface area contributed by atoms with Crippen LogP contribution in [0.2, 0.25) is 0 Å². The molecule has 4 rings (SSSR count). The number of rotatable bonds is 3. The van der Waals surface area contributed by atoms with E-state index in [-0.39, 0.29) is 0 Å². The number of aromatic nitrogens is 6. The molecule has 0 radical (unpaired) electrons. The Kier molecular flexibility index (Phi) is 3.53. The first-order valence-electron chi connectivity index (χ1n) is 7.40. The fourth-order valence-electron chi connectivity index (χ4n) is 2.94. The number of imidazole rings is 1. The minimum atomic E-state index is -1.20. The average Bonchev–Trinajstić information content (AvgIpc) is 3.27. The van der Waals surface area contributed by atoms with Crippen molar-refractivity contribution in [2.24, 2.45) is 7.05 Å². The van der Waals surface area contributed by atoms with Crippen molar-refractivity contribution in [2.45, 2.75) is 24.5 Å². The molecule has 3 aromatic rings. The second kappa shape index (κ2) is 5.60. The van der Waals surface area contributed by atoms with Gasteiger partial charge in [-0.2, -0.15) is 5.10 Å². The highest BCUT2D eigenvalue weighted by Crippen LogP contribution is 2.32. The Hall–Kier alpha value is -2.40. The normalized spacial score (nSPS) is 27.2. The first-order chi connectivity index (χ1) is 11.6. The lowest BCUT2D eigenvalue weighted by Gasteiger charge is -2.16. The molecule has 126 valence electrons. The molecule has 0 bridgehead atoms. The summed E-state index contributed by atoms with van der Waals surface area (Å²) in [6.45, 7) is -0.392. The minimum Gasteiger partial charge on any atom is -0.394 e. The van der Waals surface area contributed by atoms with Crippen LogP contribution in [0.3, 0.4) is 0 Å². The van der Waals surface area contributed by atoms with Crippen LogP contribution in [0.25, 0.3) is 22.6 Å². The maximum atomic E-state index is 10.2. The third-order valence-electron chi connectivity index (χ3n) is 4.21. The van der Waals surface area contributed by atoms with E-state index in [9.17, 15) is 15.3 Å². The molecule has 10 nitrogen and oxygen atoms in total. The Bertz CT molecular complexity index is 877. The molecule has 0 spiro atoms. The molecule has 0 aliphatic carbocycles. The van der Waals surface area contributed by atoms with Crippen molar-refractivity contribution in [3.63, 3.8) is 0 Å². The van der Waals surface area contributed by atoms with E-state index < -0.39 is 31.1 Å². The molecule has 3 N–H and O–H groups in total. The van der Waals surface area contributed by atoms with Crippen LogP contribution in [-0.2, 0) is 11.8 Å². The molecule has 0 amide bonds. The van der Waals surface area contributed by atoms with Gasteiger partial charge < -0.3 is 20.1 Å². The van der Waals surface area contributed by atoms with Crippen LogP contribution in [0.5, 0.6) is 0 Å². The van der Waals surface area contributed by atoms with Crippen molar-refractivity contribution in [1.82, 2.24) is 29.3 Å². The maximum absolute atomic E-state index is 10.2. The van der Waals surface area contributed by atoms with Gasteiger partial charge in [0.1, 0.15) is 35.8 Å². The maximum Gasteiger partial charge on any atom is 0.166 e. The first kappa shape index (κ1) is 15.1. The van der Waals surface area contributed by atoms with Gasteiger partial charge >= 0.3 is 0 Å². The zero-order valence-corrected chi connectivity index (χ0v) is 12.8. The summed E-state index contributed by atoms with van der Waals surface area (Å²) < 4.78 is 8.74. The predicted octanol–water partition coefficient (Wildman–Crippen LogP) is -1.16. The molecule has 1 saturated heterocycles. The molecule has 0 saturated carbocycles.